The quantitative estimate of drug-likeness (QED) is 0.210. The van der Waals surface area contributed by atoms with E-state index in [1.807, 2.05) is 25.4 Å². The molecule has 4 rings (SSSR count). The summed E-state index contributed by atoms with van der Waals surface area (Å²) in [6.45, 7) is 21.9. The molecule has 0 amide bonds. The van der Waals surface area contributed by atoms with Gasteiger partial charge in [-0.25, -0.2) is 19.6 Å². The maximum absolute atomic E-state index is 6.47. The van der Waals surface area contributed by atoms with Gasteiger partial charge in [-0.05, 0) is 61.9 Å². The number of ether oxygens (including phenoxy) is 2. The molecule has 0 saturated carbocycles. The zero-order chi connectivity index (χ0) is 33.5. The van der Waals surface area contributed by atoms with Gasteiger partial charge in [0.05, 0.1) is 19.4 Å². The number of nitrogens with one attached hydrogen (secondary N) is 1. The maximum atomic E-state index is 6.47. The fourth-order valence-electron chi connectivity index (χ4n) is 5.07. The average Bonchev–Trinajstić information content (AvgIpc) is 3.41. The highest BCUT2D eigenvalue weighted by molar-refractivity contribution is 5.83. The Morgan fingerprint density at radius 1 is 0.978 bits per heavy atom. The molecule has 3 aromatic rings. The third-order valence-electron chi connectivity index (χ3n) is 8.10. The summed E-state index contributed by atoms with van der Waals surface area (Å²) < 4.78 is 14.3. The number of fused-ring (bicyclic) bond motifs is 6. The molecular formula is C37H57N7O2. The van der Waals surface area contributed by atoms with Crippen LogP contribution in [0.1, 0.15) is 93.1 Å². The lowest BCUT2D eigenvalue weighted by Gasteiger charge is -2.26. The molecule has 3 aromatic heterocycles. The van der Waals surface area contributed by atoms with E-state index in [1.165, 1.54) is 18.4 Å². The number of rotatable bonds is 11. The molecule has 1 unspecified atom stereocenters. The molecule has 252 valence electrons. The molecule has 0 saturated heterocycles. The summed E-state index contributed by atoms with van der Waals surface area (Å²) in [6, 6.07) is 3.80. The predicted octanol–water partition coefficient (Wildman–Crippen LogP) is 8.73. The van der Waals surface area contributed by atoms with E-state index in [2.05, 4.69) is 87.8 Å². The van der Waals surface area contributed by atoms with Crippen LogP contribution in [0.25, 0.3) is 17.0 Å². The number of anilines is 2. The van der Waals surface area contributed by atoms with Gasteiger partial charge in [-0.3, -0.25) is 4.90 Å². The highest BCUT2D eigenvalue weighted by Crippen LogP contribution is 2.35. The van der Waals surface area contributed by atoms with Gasteiger partial charge in [0.1, 0.15) is 22.9 Å². The molecule has 0 spiro atoms. The fraction of sp³-hybridized carbons (Fsp3) is 0.568. The topological polar surface area (TPSA) is 90.2 Å². The maximum Gasteiger partial charge on any atom is 0.222 e. The second-order valence-electron chi connectivity index (χ2n) is 12.3. The van der Waals surface area contributed by atoms with Gasteiger partial charge in [0.2, 0.25) is 5.88 Å². The van der Waals surface area contributed by atoms with Crippen molar-refractivity contribution in [2.45, 2.75) is 87.5 Å². The molecule has 1 aliphatic rings. The number of aromatic nitrogens is 5. The van der Waals surface area contributed by atoms with Crippen LogP contribution in [0.4, 0.5) is 11.6 Å². The zero-order valence-corrected chi connectivity index (χ0v) is 29.8. The van der Waals surface area contributed by atoms with Crippen molar-refractivity contribution in [1.82, 2.24) is 29.6 Å². The zero-order valence-electron chi connectivity index (χ0n) is 29.8. The van der Waals surface area contributed by atoms with Gasteiger partial charge in [0, 0.05) is 44.0 Å². The highest BCUT2D eigenvalue weighted by Gasteiger charge is 2.20. The van der Waals surface area contributed by atoms with Crippen LogP contribution in [0, 0.1) is 11.8 Å². The summed E-state index contributed by atoms with van der Waals surface area (Å²) in [5.41, 5.74) is 4.21. The van der Waals surface area contributed by atoms with Crippen molar-refractivity contribution in [2.24, 2.45) is 18.9 Å². The Balaban J connectivity index is 0.00000136. The van der Waals surface area contributed by atoms with E-state index in [9.17, 15) is 0 Å². The van der Waals surface area contributed by atoms with Gasteiger partial charge in [-0.1, -0.05) is 73.5 Å². The summed E-state index contributed by atoms with van der Waals surface area (Å²) in [6.07, 6.45) is 15.6. The number of allylic oxidation sites excluding steroid dienone is 2. The lowest BCUT2D eigenvalue weighted by atomic mass is 9.90. The Morgan fingerprint density at radius 3 is 2.35 bits per heavy atom. The molecule has 1 atom stereocenters. The van der Waals surface area contributed by atoms with Gasteiger partial charge in [-0.2, -0.15) is 5.10 Å². The standard InChI is InChI=1S/C33H47N7O2.C4H10/c1-8-14-40(15-9-2)22-25(18-24(6)23(4)5)26(10-3)27-20-35-31-19-29(27)41-16-11-17-42-33-28(21-36-39(33)7)32-34-13-12-30(37-31)38-32;1-3-4-2/h10,12-13,18-21,23-24H,8-9,11,14-17,22H2,1-7H3,(H,34,35,37,38);3-4H2,1-2H3/b25-18-,26-10+;. The van der Waals surface area contributed by atoms with Gasteiger partial charge in [0.25, 0.3) is 0 Å². The Labute approximate surface area is 277 Å². The van der Waals surface area contributed by atoms with Gasteiger partial charge in [0.15, 0.2) is 5.82 Å². The molecule has 9 heteroatoms. The van der Waals surface area contributed by atoms with Crippen LogP contribution < -0.4 is 14.8 Å². The second kappa shape index (κ2) is 19.1. The highest BCUT2D eigenvalue weighted by atomic mass is 16.5. The number of hydrogen-bond donors (Lipinski definition) is 1. The third kappa shape index (κ3) is 10.4. The first kappa shape index (κ1) is 36.7. The average molecular weight is 632 g/mol. The number of aryl methyl sites for hydroxylation is 1. The monoisotopic (exact) mass is 631 g/mol. The van der Waals surface area contributed by atoms with Gasteiger partial charge < -0.3 is 14.8 Å². The van der Waals surface area contributed by atoms with Crippen molar-refractivity contribution in [3.63, 3.8) is 0 Å². The predicted molar refractivity (Wildman–Crippen MR) is 191 cm³/mol. The first-order valence-electron chi connectivity index (χ1n) is 17.2. The van der Waals surface area contributed by atoms with E-state index in [-0.39, 0.29) is 0 Å². The van der Waals surface area contributed by atoms with Gasteiger partial charge in [-0.15, -0.1) is 0 Å². The number of nitrogens with zero attached hydrogens (tertiary/aromatic N) is 6. The number of hydrogen-bond acceptors (Lipinski definition) is 8. The summed E-state index contributed by atoms with van der Waals surface area (Å²) in [7, 11) is 1.85. The number of unbranched alkanes of at least 4 members (excludes halogenated alkanes) is 1. The summed E-state index contributed by atoms with van der Waals surface area (Å²) in [5, 5.41) is 7.71. The van der Waals surface area contributed by atoms with Crippen molar-refractivity contribution in [3.05, 3.63) is 54.0 Å². The van der Waals surface area contributed by atoms with E-state index in [4.69, 9.17) is 19.4 Å². The molecule has 0 radical (unpaired) electrons. The molecule has 1 aliphatic heterocycles. The molecule has 9 nitrogen and oxygen atoms in total. The molecule has 4 heterocycles. The minimum absolute atomic E-state index is 0.435. The van der Waals surface area contributed by atoms with Crippen LogP contribution in [-0.4, -0.2) is 62.5 Å². The summed E-state index contributed by atoms with van der Waals surface area (Å²) >= 11 is 0. The van der Waals surface area contributed by atoms with Crippen LogP contribution >= 0.6 is 0 Å². The normalized spacial score (nSPS) is 14.3. The molecule has 0 aliphatic carbocycles. The van der Waals surface area contributed by atoms with Crippen LogP contribution in [-0.2, 0) is 7.05 Å². The van der Waals surface area contributed by atoms with Crippen LogP contribution in [0.2, 0.25) is 0 Å². The molecule has 1 N–H and O–H groups in total. The first-order chi connectivity index (χ1) is 22.3. The summed E-state index contributed by atoms with van der Waals surface area (Å²) in [4.78, 5) is 16.6. The molecular weight excluding hydrogens is 574 g/mol. The van der Waals surface area contributed by atoms with Crippen molar-refractivity contribution in [3.8, 4) is 23.0 Å². The van der Waals surface area contributed by atoms with Crippen LogP contribution in [0.15, 0.2) is 48.4 Å². The van der Waals surface area contributed by atoms with Crippen molar-refractivity contribution < 1.29 is 9.47 Å². The van der Waals surface area contributed by atoms with Crippen LogP contribution in [0.3, 0.4) is 0 Å². The van der Waals surface area contributed by atoms with Crippen molar-refractivity contribution in [2.75, 3.05) is 38.2 Å². The Bertz CT molecular complexity index is 1400. The number of pyridine rings is 1. The minimum atomic E-state index is 0.435. The Hall–Kier alpha value is -3.72. The van der Waals surface area contributed by atoms with Crippen molar-refractivity contribution in [1.29, 1.82) is 0 Å². The first-order valence-corrected chi connectivity index (χ1v) is 17.2. The van der Waals surface area contributed by atoms with E-state index >= 15 is 0 Å². The smallest absolute Gasteiger partial charge is 0.222 e. The fourth-order valence-corrected chi connectivity index (χ4v) is 5.07. The summed E-state index contributed by atoms with van der Waals surface area (Å²) in [5.74, 6) is 4.23. The molecule has 0 fully saturated rings. The van der Waals surface area contributed by atoms with E-state index in [0.29, 0.717) is 54.8 Å². The SMILES string of the molecule is C/C=C(\C(=C/C(C)C(C)C)CN(CCC)CCC)c1cnc2cc1OCCCOc1c(cnn1C)-c1nccc(n1)N2.CCCC. The molecule has 46 heavy (non-hydrogen) atoms. The molecule has 0 aromatic carbocycles. The van der Waals surface area contributed by atoms with E-state index < -0.39 is 0 Å². The lowest BCUT2D eigenvalue weighted by Crippen LogP contribution is -2.28. The van der Waals surface area contributed by atoms with Crippen LogP contribution in [0.5, 0.6) is 11.6 Å². The van der Waals surface area contributed by atoms with E-state index in [0.717, 1.165) is 54.9 Å². The van der Waals surface area contributed by atoms with E-state index in [1.54, 1.807) is 17.1 Å². The second-order valence-corrected chi connectivity index (χ2v) is 12.3. The van der Waals surface area contributed by atoms with Gasteiger partial charge >= 0.3 is 0 Å². The van der Waals surface area contributed by atoms with Crippen molar-refractivity contribution >= 4 is 17.2 Å². The minimum Gasteiger partial charge on any atom is -0.493 e. The molecule has 4 bridgehead atoms. The Morgan fingerprint density at radius 2 is 1.70 bits per heavy atom. The third-order valence-corrected chi connectivity index (χ3v) is 8.10. The lowest BCUT2D eigenvalue weighted by molar-refractivity contribution is 0.236. The Kier molecular flexibility index (Phi) is 15.2. The largest absolute Gasteiger partial charge is 0.493 e.